The number of piperidine rings is 1. The Hall–Kier alpha value is -0.900. The van der Waals surface area contributed by atoms with E-state index < -0.39 is 0 Å². The van der Waals surface area contributed by atoms with Crippen LogP contribution in [0.1, 0.15) is 37.3 Å². The summed E-state index contributed by atoms with van der Waals surface area (Å²) in [5, 5.41) is 3.69. The minimum absolute atomic E-state index is 0.682. The molecule has 1 aromatic rings. The fourth-order valence-electron chi connectivity index (χ4n) is 2.86. The molecule has 20 heavy (non-hydrogen) atoms. The fraction of sp³-hybridized carbons (Fsp3) is 0.647. The van der Waals surface area contributed by atoms with Crippen molar-refractivity contribution in [2.24, 2.45) is 0 Å². The van der Waals surface area contributed by atoms with Gasteiger partial charge in [-0.2, -0.15) is 0 Å². The van der Waals surface area contributed by atoms with Gasteiger partial charge >= 0.3 is 0 Å². The number of likely N-dealkylation sites (tertiary alicyclic amines) is 1. The minimum Gasteiger partial charge on any atom is -0.380 e. The zero-order valence-corrected chi connectivity index (χ0v) is 12.9. The molecule has 1 N–H and O–H groups in total. The van der Waals surface area contributed by atoms with Gasteiger partial charge in [-0.1, -0.05) is 31.2 Å². The maximum absolute atomic E-state index is 5.13. The smallest absolute Gasteiger partial charge is 0.0713 e. The molecule has 0 unspecified atom stereocenters. The third-order valence-corrected chi connectivity index (χ3v) is 4.06. The summed E-state index contributed by atoms with van der Waals surface area (Å²) in [5.74, 6) is 0. The normalized spacial score (nSPS) is 17.5. The molecule has 112 valence electrons. The third-order valence-electron chi connectivity index (χ3n) is 4.06. The fourth-order valence-corrected chi connectivity index (χ4v) is 2.86. The summed E-state index contributed by atoms with van der Waals surface area (Å²) in [6, 6.07) is 9.40. The Labute approximate surface area is 123 Å². The lowest BCUT2D eigenvalue weighted by molar-refractivity contribution is 0.185. The van der Waals surface area contributed by atoms with Crippen molar-refractivity contribution in [3.8, 4) is 0 Å². The first-order chi connectivity index (χ1) is 9.81. The van der Waals surface area contributed by atoms with Crippen LogP contribution >= 0.6 is 0 Å². The Balaban J connectivity index is 1.70. The molecule has 0 bridgehead atoms. The van der Waals surface area contributed by atoms with E-state index in [2.05, 4.69) is 41.4 Å². The highest BCUT2D eigenvalue weighted by Crippen LogP contribution is 2.12. The van der Waals surface area contributed by atoms with Crippen molar-refractivity contribution >= 4 is 0 Å². The monoisotopic (exact) mass is 276 g/mol. The average Bonchev–Trinajstić information content (AvgIpc) is 2.49. The highest BCUT2D eigenvalue weighted by atomic mass is 16.5. The van der Waals surface area contributed by atoms with Crippen LogP contribution in [0.2, 0.25) is 0 Å². The van der Waals surface area contributed by atoms with Gasteiger partial charge in [0.05, 0.1) is 6.61 Å². The molecule has 0 atom stereocenters. The SMILES string of the molecule is CCCN1CCC(NCc2ccc(COC)cc2)CC1. The predicted molar refractivity (Wildman–Crippen MR) is 83.7 cm³/mol. The Morgan fingerprint density at radius 2 is 1.80 bits per heavy atom. The molecule has 1 heterocycles. The van der Waals surface area contributed by atoms with Gasteiger partial charge < -0.3 is 15.0 Å². The van der Waals surface area contributed by atoms with Gasteiger partial charge in [0.25, 0.3) is 0 Å². The highest BCUT2D eigenvalue weighted by molar-refractivity contribution is 5.22. The van der Waals surface area contributed by atoms with Crippen molar-refractivity contribution in [3.63, 3.8) is 0 Å². The molecular weight excluding hydrogens is 248 g/mol. The van der Waals surface area contributed by atoms with Crippen LogP contribution in [0.5, 0.6) is 0 Å². The number of methoxy groups -OCH3 is 1. The molecule has 1 saturated heterocycles. The quantitative estimate of drug-likeness (QED) is 0.829. The molecule has 2 rings (SSSR count). The number of hydrogen-bond donors (Lipinski definition) is 1. The standard InChI is InChI=1S/C17H28N2O/c1-3-10-19-11-8-17(9-12-19)18-13-15-4-6-16(7-5-15)14-20-2/h4-7,17-18H,3,8-14H2,1-2H3. The van der Waals surface area contributed by atoms with Crippen LogP contribution in [0, 0.1) is 0 Å². The predicted octanol–water partition coefficient (Wildman–Crippen LogP) is 2.80. The number of benzene rings is 1. The molecule has 1 aliphatic rings. The van der Waals surface area contributed by atoms with Gasteiger partial charge in [-0.15, -0.1) is 0 Å². The number of nitrogens with one attached hydrogen (secondary N) is 1. The molecule has 0 aromatic heterocycles. The number of hydrogen-bond acceptors (Lipinski definition) is 3. The van der Waals surface area contributed by atoms with Crippen LogP contribution in [-0.2, 0) is 17.9 Å². The molecule has 0 aliphatic carbocycles. The minimum atomic E-state index is 0.682. The molecule has 1 aliphatic heterocycles. The van der Waals surface area contributed by atoms with Crippen molar-refractivity contribution in [2.45, 2.75) is 45.4 Å². The number of rotatable bonds is 7. The first-order valence-corrected chi connectivity index (χ1v) is 7.84. The van der Waals surface area contributed by atoms with Crippen molar-refractivity contribution in [1.82, 2.24) is 10.2 Å². The van der Waals surface area contributed by atoms with E-state index in [1.807, 2.05) is 0 Å². The van der Waals surface area contributed by atoms with Crippen molar-refractivity contribution in [1.29, 1.82) is 0 Å². The van der Waals surface area contributed by atoms with Gasteiger partial charge in [-0.25, -0.2) is 0 Å². The van der Waals surface area contributed by atoms with Crippen LogP contribution < -0.4 is 5.32 Å². The Bertz CT molecular complexity index is 369. The topological polar surface area (TPSA) is 24.5 Å². The maximum Gasteiger partial charge on any atom is 0.0713 e. The van der Waals surface area contributed by atoms with Gasteiger partial charge in [-0.3, -0.25) is 0 Å². The highest BCUT2D eigenvalue weighted by Gasteiger charge is 2.17. The molecule has 0 radical (unpaired) electrons. The summed E-state index contributed by atoms with van der Waals surface area (Å²) in [6.07, 6.45) is 3.83. The van der Waals surface area contributed by atoms with E-state index in [0.717, 1.165) is 6.54 Å². The Morgan fingerprint density at radius 3 is 2.40 bits per heavy atom. The second kappa shape index (κ2) is 8.40. The summed E-state index contributed by atoms with van der Waals surface area (Å²) in [6.45, 7) is 7.69. The summed E-state index contributed by atoms with van der Waals surface area (Å²) in [5.41, 5.74) is 2.60. The van der Waals surface area contributed by atoms with Crippen molar-refractivity contribution in [3.05, 3.63) is 35.4 Å². The van der Waals surface area contributed by atoms with Crippen LogP contribution in [0.25, 0.3) is 0 Å². The van der Waals surface area contributed by atoms with Crippen molar-refractivity contribution < 1.29 is 4.74 Å². The van der Waals surface area contributed by atoms with Gasteiger partial charge in [0, 0.05) is 19.7 Å². The van der Waals surface area contributed by atoms with E-state index >= 15 is 0 Å². The largest absolute Gasteiger partial charge is 0.380 e. The summed E-state index contributed by atoms with van der Waals surface area (Å²) >= 11 is 0. The van der Waals surface area contributed by atoms with E-state index in [1.54, 1.807) is 7.11 Å². The van der Waals surface area contributed by atoms with Gasteiger partial charge in [0.2, 0.25) is 0 Å². The lowest BCUT2D eigenvalue weighted by Gasteiger charge is -2.32. The number of ether oxygens (including phenoxy) is 1. The van der Waals surface area contributed by atoms with Crippen molar-refractivity contribution in [2.75, 3.05) is 26.7 Å². The molecule has 3 heteroatoms. The van der Waals surface area contributed by atoms with Crippen LogP contribution in [-0.4, -0.2) is 37.7 Å². The Kier molecular flexibility index (Phi) is 6.51. The molecule has 1 aromatic carbocycles. The number of nitrogens with zero attached hydrogens (tertiary/aromatic N) is 1. The zero-order valence-electron chi connectivity index (χ0n) is 12.9. The van der Waals surface area contributed by atoms with E-state index in [9.17, 15) is 0 Å². The molecular formula is C17H28N2O. The lowest BCUT2D eigenvalue weighted by Crippen LogP contribution is -2.42. The molecule has 0 spiro atoms. The summed E-state index contributed by atoms with van der Waals surface area (Å²) < 4.78 is 5.13. The summed E-state index contributed by atoms with van der Waals surface area (Å²) in [7, 11) is 1.74. The van der Waals surface area contributed by atoms with Gasteiger partial charge in [0.15, 0.2) is 0 Å². The molecule has 0 saturated carbocycles. The molecule has 3 nitrogen and oxygen atoms in total. The lowest BCUT2D eigenvalue weighted by atomic mass is 10.0. The van der Waals surface area contributed by atoms with E-state index in [4.69, 9.17) is 4.74 Å². The maximum atomic E-state index is 5.13. The van der Waals surface area contributed by atoms with Gasteiger partial charge in [0.1, 0.15) is 0 Å². The first kappa shape index (κ1) is 15.5. The summed E-state index contributed by atoms with van der Waals surface area (Å²) in [4.78, 5) is 2.58. The molecule has 1 fully saturated rings. The van der Waals surface area contributed by atoms with Gasteiger partial charge in [-0.05, 0) is 50.0 Å². The first-order valence-electron chi connectivity index (χ1n) is 7.84. The third kappa shape index (κ3) is 4.89. The second-order valence-corrected chi connectivity index (χ2v) is 5.75. The zero-order chi connectivity index (χ0) is 14.2. The Morgan fingerprint density at radius 1 is 1.15 bits per heavy atom. The van der Waals surface area contributed by atoms with E-state index in [1.165, 1.54) is 50.0 Å². The van der Waals surface area contributed by atoms with Crippen LogP contribution in [0.15, 0.2) is 24.3 Å². The molecule has 0 amide bonds. The van der Waals surface area contributed by atoms with E-state index in [0.29, 0.717) is 12.6 Å². The van der Waals surface area contributed by atoms with Crippen LogP contribution in [0.3, 0.4) is 0 Å². The average molecular weight is 276 g/mol. The second-order valence-electron chi connectivity index (χ2n) is 5.75. The van der Waals surface area contributed by atoms with Crippen LogP contribution in [0.4, 0.5) is 0 Å². The van der Waals surface area contributed by atoms with E-state index in [-0.39, 0.29) is 0 Å².